The summed E-state index contributed by atoms with van der Waals surface area (Å²) in [6.45, 7) is 6.16. The fourth-order valence-corrected chi connectivity index (χ4v) is 3.71. The van der Waals surface area contributed by atoms with Crippen LogP contribution in [0.3, 0.4) is 0 Å². The highest BCUT2D eigenvalue weighted by atomic mass is 16.5. The van der Waals surface area contributed by atoms with E-state index in [-0.39, 0.29) is 11.9 Å². The third kappa shape index (κ3) is 4.36. The van der Waals surface area contributed by atoms with E-state index in [4.69, 9.17) is 4.74 Å². The molecular formula is C18H30N4O2. The van der Waals surface area contributed by atoms with Crippen LogP contribution in [0.4, 0.5) is 0 Å². The van der Waals surface area contributed by atoms with Crippen molar-refractivity contribution >= 4 is 5.91 Å². The smallest absolute Gasteiger partial charge is 0.269 e. The lowest BCUT2D eigenvalue weighted by Gasteiger charge is -2.33. The molecule has 2 fully saturated rings. The summed E-state index contributed by atoms with van der Waals surface area (Å²) in [5.74, 6) is 0.00456. The predicted molar refractivity (Wildman–Crippen MR) is 93.1 cm³/mol. The van der Waals surface area contributed by atoms with Gasteiger partial charge in [-0.05, 0) is 38.2 Å². The number of rotatable bonds is 6. The van der Waals surface area contributed by atoms with Crippen molar-refractivity contribution in [2.75, 3.05) is 26.2 Å². The maximum atomic E-state index is 12.5. The molecule has 1 N–H and O–H groups in total. The first-order valence-electron chi connectivity index (χ1n) is 9.33. The highest BCUT2D eigenvalue weighted by molar-refractivity contribution is 5.92. The molecule has 1 amide bonds. The molecule has 6 heteroatoms. The zero-order chi connectivity index (χ0) is 16.9. The van der Waals surface area contributed by atoms with Crippen LogP contribution in [0.2, 0.25) is 0 Å². The van der Waals surface area contributed by atoms with E-state index in [1.165, 1.54) is 12.8 Å². The fourth-order valence-electron chi connectivity index (χ4n) is 3.71. The van der Waals surface area contributed by atoms with Gasteiger partial charge in [0.2, 0.25) is 0 Å². The van der Waals surface area contributed by atoms with Crippen LogP contribution in [0, 0.1) is 0 Å². The molecule has 1 aromatic heterocycles. The number of hydrogen-bond donors (Lipinski definition) is 1. The third-order valence-corrected chi connectivity index (χ3v) is 5.08. The van der Waals surface area contributed by atoms with Crippen LogP contribution in [0.1, 0.15) is 55.2 Å². The molecular weight excluding hydrogens is 304 g/mol. The molecule has 0 aliphatic carbocycles. The molecule has 2 aliphatic heterocycles. The summed E-state index contributed by atoms with van der Waals surface area (Å²) in [4.78, 5) is 15.0. The average Bonchev–Trinajstić information content (AvgIpc) is 3.19. The molecule has 3 heterocycles. The van der Waals surface area contributed by atoms with Gasteiger partial charge < -0.3 is 15.0 Å². The van der Waals surface area contributed by atoms with Crippen LogP contribution < -0.4 is 5.32 Å². The van der Waals surface area contributed by atoms with E-state index >= 15 is 0 Å². The van der Waals surface area contributed by atoms with E-state index in [2.05, 4.69) is 22.2 Å². The van der Waals surface area contributed by atoms with Crippen molar-refractivity contribution in [3.05, 3.63) is 17.5 Å². The molecule has 3 rings (SSSR count). The average molecular weight is 334 g/mol. The van der Waals surface area contributed by atoms with Crippen LogP contribution in [0.15, 0.2) is 6.07 Å². The number of hydrogen-bond acceptors (Lipinski definition) is 4. The molecule has 1 aromatic rings. The lowest BCUT2D eigenvalue weighted by molar-refractivity contribution is 0.0612. The maximum Gasteiger partial charge on any atom is 0.269 e. The third-order valence-electron chi connectivity index (χ3n) is 5.08. The molecule has 0 bridgehead atoms. The first kappa shape index (κ1) is 17.4. The highest BCUT2D eigenvalue weighted by Gasteiger charge is 2.25. The number of likely N-dealkylation sites (tertiary alicyclic amines) is 1. The highest BCUT2D eigenvalue weighted by Crippen LogP contribution is 2.17. The Morgan fingerprint density at radius 3 is 2.83 bits per heavy atom. The van der Waals surface area contributed by atoms with Gasteiger partial charge in [0.25, 0.3) is 5.91 Å². The minimum Gasteiger partial charge on any atom is -0.377 e. The Kier molecular flexibility index (Phi) is 5.89. The van der Waals surface area contributed by atoms with E-state index in [1.807, 2.05) is 13.1 Å². The zero-order valence-corrected chi connectivity index (χ0v) is 15.0. The number of nitrogens with one attached hydrogen (secondary N) is 1. The quantitative estimate of drug-likeness (QED) is 0.861. The number of ether oxygens (including phenoxy) is 1. The molecule has 0 spiro atoms. The van der Waals surface area contributed by atoms with Crippen molar-refractivity contribution in [1.82, 2.24) is 20.0 Å². The van der Waals surface area contributed by atoms with Crippen LogP contribution in [-0.4, -0.2) is 59.0 Å². The summed E-state index contributed by atoms with van der Waals surface area (Å²) < 4.78 is 7.42. The second kappa shape index (κ2) is 8.12. The first-order valence-corrected chi connectivity index (χ1v) is 9.33. The number of carbonyl (C=O) groups is 1. The summed E-state index contributed by atoms with van der Waals surface area (Å²) in [6, 6.07) is 2.19. The number of amides is 1. The van der Waals surface area contributed by atoms with Crippen molar-refractivity contribution < 1.29 is 9.53 Å². The van der Waals surface area contributed by atoms with Gasteiger partial charge in [0.15, 0.2) is 0 Å². The molecule has 1 atom stereocenters. The van der Waals surface area contributed by atoms with E-state index in [1.54, 1.807) is 4.68 Å². The van der Waals surface area contributed by atoms with Gasteiger partial charge >= 0.3 is 0 Å². The van der Waals surface area contributed by atoms with Crippen LogP contribution in [0.25, 0.3) is 0 Å². The van der Waals surface area contributed by atoms with Crippen molar-refractivity contribution in [2.24, 2.45) is 7.05 Å². The Morgan fingerprint density at radius 1 is 1.38 bits per heavy atom. The number of aromatic nitrogens is 2. The molecule has 0 saturated carbocycles. The van der Waals surface area contributed by atoms with Crippen molar-refractivity contribution in [1.29, 1.82) is 0 Å². The normalized spacial score (nSPS) is 22.8. The largest absolute Gasteiger partial charge is 0.377 e. The van der Waals surface area contributed by atoms with Crippen molar-refractivity contribution in [2.45, 2.75) is 57.6 Å². The number of aryl methyl sites for hydroxylation is 2. The second-order valence-corrected chi connectivity index (χ2v) is 7.08. The van der Waals surface area contributed by atoms with Crippen LogP contribution >= 0.6 is 0 Å². The predicted octanol–water partition coefficient (Wildman–Crippen LogP) is 1.75. The minimum atomic E-state index is 0.00456. The minimum absolute atomic E-state index is 0.00456. The Balaban J connectivity index is 1.46. The van der Waals surface area contributed by atoms with E-state index in [0.29, 0.717) is 11.8 Å². The van der Waals surface area contributed by atoms with Gasteiger partial charge in [0.05, 0.1) is 11.8 Å². The standard InChI is InChI=1S/C18H30N4O2/c1-3-5-15-12-17(21(2)20-15)18(23)19-14-7-9-22(10-8-14)13-16-6-4-11-24-16/h12,14,16H,3-11,13H2,1-2H3,(H,19,23). The van der Waals surface area contributed by atoms with Gasteiger partial charge in [-0.1, -0.05) is 13.3 Å². The Labute approximate surface area is 144 Å². The summed E-state index contributed by atoms with van der Waals surface area (Å²) in [6.07, 6.45) is 6.79. The Bertz CT molecular complexity index is 543. The fraction of sp³-hybridized carbons (Fsp3) is 0.778. The SMILES string of the molecule is CCCc1cc(C(=O)NC2CCN(CC3CCCO3)CC2)n(C)n1. The van der Waals surface area contributed by atoms with Crippen molar-refractivity contribution in [3.8, 4) is 0 Å². The lowest BCUT2D eigenvalue weighted by Crippen LogP contribution is -2.46. The van der Waals surface area contributed by atoms with Gasteiger partial charge in [0.1, 0.15) is 5.69 Å². The summed E-state index contributed by atoms with van der Waals surface area (Å²) in [5, 5.41) is 7.61. The van der Waals surface area contributed by atoms with E-state index in [9.17, 15) is 4.79 Å². The molecule has 24 heavy (non-hydrogen) atoms. The second-order valence-electron chi connectivity index (χ2n) is 7.08. The number of piperidine rings is 1. The molecule has 1 unspecified atom stereocenters. The lowest BCUT2D eigenvalue weighted by atomic mass is 10.0. The van der Waals surface area contributed by atoms with Gasteiger partial charge in [-0.2, -0.15) is 5.10 Å². The van der Waals surface area contributed by atoms with Gasteiger partial charge in [-0.15, -0.1) is 0 Å². The molecule has 6 nitrogen and oxygen atoms in total. The maximum absolute atomic E-state index is 12.5. The van der Waals surface area contributed by atoms with E-state index in [0.717, 1.165) is 57.6 Å². The van der Waals surface area contributed by atoms with E-state index < -0.39 is 0 Å². The molecule has 0 radical (unpaired) electrons. The molecule has 2 saturated heterocycles. The number of carbonyl (C=O) groups excluding carboxylic acids is 1. The molecule has 134 valence electrons. The summed E-state index contributed by atoms with van der Waals surface area (Å²) >= 11 is 0. The molecule has 0 aromatic carbocycles. The molecule has 2 aliphatic rings. The summed E-state index contributed by atoms with van der Waals surface area (Å²) in [5.41, 5.74) is 1.66. The van der Waals surface area contributed by atoms with Gasteiger partial charge in [0, 0.05) is 39.3 Å². The number of nitrogens with zero attached hydrogens (tertiary/aromatic N) is 3. The Hall–Kier alpha value is -1.40. The van der Waals surface area contributed by atoms with Gasteiger partial charge in [-0.3, -0.25) is 9.48 Å². The van der Waals surface area contributed by atoms with Gasteiger partial charge in [-0.25, -0.2) is 0 Å². The first-order chi connectivity index (χ1) is 11.7. The topological polar surface area (TPSA) is 59.4 Å². The summed E-state index contributed by atoms with van der Waals surface area (Å²) in [7, 11) is 1.85. The monoisotopic (exact) mass is 334 g/mol. The zero-order valence-electron chi connectivity index (χ0n) is 15.0. The van der Waals surface area contributed by atoms with Crippen molar-refractivity contribution in [3.63, 3.8) is 0 Å². The van der Waals surface area contributed by atoms with Crippen LogP contribution in [-0.2, 0) is 18.2 Å². The van der Waals surface area contributed by atoms with Crippen LogP contribution in [0.5, 0.6) is 0 Å². The Morgan fingerprint density at radius 2 is 2.17 bits per heavy atom.